The number of esters is 1. The molecule has 0 radical (unpaired) electrons. The summed E-state index contributed by atoms with van der Waals surface area (Å²) in [6.07, 6.45) is 4.49. The molecule has 1 N–H and O–H groups in total. The lowest BCUT2D eigenvalue weighted by Crippen LogP contribution is -2.36. The van der Waals surface area contributed by atoms with E-state index in [9.17, 15) is 4.79 Å². The van der Waals surface area contributed by atoms with Crippen LogP contribution in [-0.2, 0) is 9.53 Å². The van der Waals surface area contributed by atoms with E-state index in [1.54, 1.807) is 0 Å². The maximum absolute atomic E-state index is 11.3. The summed E-state index contributed by atoms with van der Waals surface area (Å²) in [6.45, 7) is 1.13. The third kappa shape index (κ3) is 1.70. The van der Waals surface area contributed by atoms with Gasteiger partial charge in [0.05, 0.1) is 13.0 Å². The standard InChI is InChI=1S/C10H17NO2/c1-13-10(12)8-3-2-7-4-5-11-9(7)6-8/h7-9,11H,2-6H2,1H3. The number of rotatable bonds is 1. The third-order valence-corrected chi connectivity index (χ3v) is 3.45. The molecule has 13 heavy (non-hydrogen) atoms. The zero-order valence-electron chi connectivity index (χ0n) is 8.08. The number of hydrogen-bond acceptors (Lipinski definition) is 3. The van der Waals surface area contributed by atoms with Crippen LogP contribution in [0.15, 0.2) is 0 Å². The van der Waals surface area contributed by atoms with Crippen molar-refractivity contribution in [3.05, 3.63) is 0 Å². The molecule has 2 aliphatic rings. The molecule has 1 aliphatic carbocycles. The van der Waals surface area contributed by atoms with Gasteiger partial charge in [0.2, 0.25) is 0 Å². The van der Waals surface area contributed by atoms with Crippen molar-refractivity contribution in [3.63, 3.8) is 0 Å². The summed E-state index contributed by atoms with van der Waals surface area (Å²) in [5.74, 6) is 0.949. The van der Waals surface area contributed by atoms with Gasteiger partial charge in [-0.05, 0) is 38.1 Å². The highest BCUT2D eigenvalue weighted by molar-refractivity contribution is 5.72. The van der Waals surface area contributed by atoms with Crippen LogP contribution in [0.3, 0.4) is 0 Å². The van der Waals surface area contributed by atoms with Crippen molar-refractivity contribution in [2.45, 2.75) is 31.7 Å². The zero-order chi connectivity index (χ0) is 9.26. The number of carbonyl (C=O) groups is 1. The first-order chi connectivity index (χ1) is 6.31. The van der Waals surface area contributed by atoms with Crippen LogP contribution in [0.1, 0.15) is 25.7 Å². The molecule has 1 aliphatic heterocycles. The molecule has 0 spiro atoms. The Balaban J connectivity index is 1.93. The molecule has 1 saturated carbocycles. The lowest BCUT2D eigenvalue weighted by atomic mass is 9.79. The number of ether oxygens (including phenoxy) is 1. The largest absolute Gasteiger partial charge is 0.469 e. The van der Waals surface area contributed by atoms with Crippen LogP contribution < -0.4 is 5.32 Å². The molecule has 2 fully saturated rings. The Bertz CT molecular complexity index is 205. The molecular weight excluding hydrogens is 166 g/mol. The van der Waals surface area contributed by atoms with E-state index in [0.29, 0.717) is 6.04 Å². The Morgan fingerprint density at radius 1 is 1.38 bits per heavy atom. The van der Waals surface area contributed by atoms with Crippen LogP contribution >= 0.6 is 0 Å². The van der Waals surface area contributed by atoms with Gasteiger partial charge in [0.1, 0.15) is 0 Å². The van der Waals surface area contributed by atoms with Crippen LogP contribution in [0.25, 0.3) is 0 Å². The van der Waals surface area contributed by atoms with E-state index in [-0.39, 0.29) is 11.9 Å². The van der Waals surface area contributed by atoms with Crippen molar-refractivity contribution in [2.24, 2.45) is 11.8 Å². The molecule has 1 heterocycles. The van der Waals surface area contributed by atoms with Gasteiger partial charge in [0.15, 0.2) is 0 Å². The van der Waals surface area contributed by atoms with Gasteiger partial charge in [0, 0.05) is 6.04 Å². The first-order valence-corrected chi connectivity index (χ1v) is 5.12. The average Bonchev–Trinajstić information content (AvgIpc) is 2.63. The molecule has 1 saturated heterocycles. The van der Waals surface area contributed by atoms with Gasteiger partial charge >= 0.3 is 5.97 Å². The minimum Gasteiger partial charge on any atom is -0.469 e. The van der Waals surface area contributed by atoms with Gasteiger partial charge in [-0.3, -0.25) is 4.79 Å². The van der Waals surface area contributed by atoms with Crippen molar-refractivity contribution in [1.29, 1.82) is 0 Å². The Kier molecular flexibility index (Phi) is 2.54. The number of fused-ring (bicyclic) bond motifs is 1. The molecule has 3 heteroatoms. The van der Waals surface area contributed by atoms with E-state index < -0.39 is 0 Å². The highest BCUT2D eigenvalue weighted by Crippen LogP contribution is 2.34. The zero-order valence-corrected chi connectivity index (χ0v) is 8.08. The van der Waals surface area contributed by atoms with Crippen LogP contribution in [0.5, 0.6) is 0 Å². The van der Waals surface area contributed by atoms with E-state index in [2.05, 4.69) is 5.32 Å². The van der Waals surface area contributed by atoms with Gasteiger partial charge < -0.3 is 10.1 Å². The van der Waals surface area contributed by atoms with E-state index >= 15 is 0 Å². The van der Waals surface area contributed by atoms with Crippen LogP contribution in [0.4, 0.5) is 0 Å². The van der Waals surface area contributed by atoms with Gasteiger partial charge in [0.25, 0.3) is 0 Å². The van der Waals surface area contributed by atoms with Crippen LogP contribution in [-0.4, -0.2) is 25.7 Å². The highest BCUT2D eigenvalue weighted by Gasteiger charge is 2.36. The number of hydrogen-bond donors (Lipinski definition) is 1. The Labute approximate surface area is 78.8 Å². The normalized spacial score (nSPS) is 38.4. The summed E-state index contributed by atoms with van der Waals surface area (Å²) in [6, 6.07) is 0.581. The first-order valence-electron chi connectivity index (χ1n) is 5.12. The molecule has 0 aromatic heterocycles. The summed E-state index contributed by atoms with van der Waals surface area (Å²) in [5.41, 5.74) is 0. The van der Waals surface area contributed by atoms with Gasteiger partial charge in [-0.1, -0.05) is 0 Å². The molecule has 0 aromatic rings. The van der Waals surface area contributed by atoms with E-state index in [1.165, 1.54) is 20.0 Å². The second-order valence-corrected chi connectivity index (χ2v) is 4.14. The van der Waals surface area contributed by atoms with Crippen molar-refractivity contribution in [2.75, 3.05) is 13.7 Å². The highest BCUT2D eigenvalue weighted by atomic mass is 16.5. The molecule has 3 atom stereocenters. The fourth-order valence-electron chi connectivity index (χ4n) is 2.66. The fourth-order valence-corrected chi connectivity index (χ4v) is 2.66. The molecule has 3 unspecified atom stereocenters. The monoisotopic (exact) mass is 183 g/mol. The smallest absolute Gasteiger partial charge is 0.308 e. The maximum atomic E-state index is 11.3. The second kappa shape index (κ2) is 3.66. The predicted molar refractivity (Wildman–Crippen MR) is 49.3 cm³/mol. The van der Waals surface area contributed by atoms with Crippen LogP contribution in [0.2, 0.25) is 0 Å². The topological polar surface area (TPSA) is 38.3 Å². The summed E-state index contributed by atoms with van der Waals surface area (Å²) in [7, 11) is 1.48. The minimum absolute atomic E-state index is 0.0212. The summed E-state index contributed by atoms with van der Waals surface area (Å²) in [4.78, 5) is 11.3. The lowest BCUT2D eigenvalue weighted by molar-refractivity contribution is -0.147. The van der Waals surface area contributed by atoms with Crippen molar-refractivity contribution in [3.8, 4) is 0 Å². The maximum Gasteiger partial charge on any atom is 0.308 e. The predicted octanol–water partition coefficient (Wildman–Crippen LogP) is 0.938. The third-order valence-electron chi connectivity index (χ3n) is 3.45. The Hall–Kier alpha value is -0.570. The Morgan fingerprint density at radius 2 is 2.23 bits per heavy atom. The van der Waals surface area contributed by atoms with Gasteiger partial charge in [-0.2, -0.15) is 0 Å². The van der Waals surface area contributed by atoms with E-state index in [4.69, 9.17) is 4.74 Å². The van der Waals surface area contributed by atoms with Crippen molar-refractivity contribution < 1.29 is 9.53 Å². The molecule has 0 aromatic carbocycles. The fraction of sp³-hybridized carbons (Fsp3) is 0.900. The molecule has 3 nitrogen and oxygen atoms in total. The Morgan fingerprint density at radius 3 is 3.00 bits per heavy atom. The van der Waals surface area contributed by atoms with E-state index in [0.717, 1.165) is 25.3 Å². The average molecular weight is 183 g/mol. The summed E-state index contributed by atoms with van der Waals surface area (Å²) < 4.78 is 4.77. The SMILES string of the molecule is COC(=O)C1CCC2CCNC2C1. The molecule has 0 bridgehead atoms. The molecule has 0 amide bonds. The summed E-state index contributed by atoms with van der Waals surface area (Å²) >= 11 is 0. The molecule has 74 valence electrons. The molecular formula is C10H17NO2. The quantitative estimate of drug-likeness (QED) is 0.615. The lowest BCUT2D eigenvalue weighted by Gasteiger charge is -2.29. The minimum atomic E-state index is -0.0212. The van der Waals surface area contributed by atoms with Crippen LogP contribution in [0, 0.1) is 11.8 Å². The van der Waals surface area contributed by atoms with Gasteiger partial charge in [-0.15, -0.1) is 0 Å². The number of carbonyl (C=O) groups excluding carboxylic acids is 1. The number of methoxy groups -OCH3 is 1. The summed E-state index contributed by atoms with van der Waals surface area (Å²) in [5, 5.41) is 3.46. The van der Waals surface area contributed by atoms with Crippen molar-refractivity contribution >= 4 is 5.97 Å². The van der Waals surface area contributed by atoms with Gasteiger partial charge in [-0.25, -0.2) is 0 Å². The van der Waals surface area contributed by atoms with Crippen molar-refractivity contribution in [1.82, 2.24) is 5.32 Å². The number of nitrogens with one attached hydrogen (secondary N) is 1. The molecule has 2 rings (SSSR count). The van der Waals surface area contributed by atoms with E-state index in [1.807, 2.05) is 0 Å². The first kappa shape index (κ1) is 9.00. The second-order valence-electron chi connectivity index (χ2n) is 4.14.